The molecule has 0 radical (unpaired) electrons. The Morgan fingerprint density at radius 1 is 1.75 bits per heavy atom. The fourth-order valence-corrected chi connectivity index (χ4v) is 2.52. The fourth-order valence-electron chi connectivity index (χ4n) is 1.52. The summed E-state index contributed by atoms with van der Waals surface area (Å²) in [5, 5.41) is 8.44. The first-order valence-corrected chi connectivity index (χ1v) is 6.46. The van der Waals surface area contributed by atoms with E-state index in [2.05, 4.69) is 25.8 Å². The first-order chi connectivity index (χ1) is 7.65. The van der Waals surface area contributed by atoms with Crippen LogP contribution in [0.15, 0.2) is 9.30 Å². The molecule has 0 atom stereocenters. The van der Waals surface area contributed by atoms with Crippen LogP contribution in [0.4, 0.5) is 0 Å². The third-order valence-corrected chi connectivity index (χ3v) is 4.00. The molecular formula is C9H11BrN2O3S. The first-order valence-electron chi connectivity index (χ1n) is 4.79. The largest absolute Gasteiger partial charge is 0.480 e. The van der Waals surface area contributed by atoms with Gasteiger partial charge in [-0.05, 0) is 15.9 Å². The molecule has 1 saturated heterocycles. The lowest BCUT2D eigenvalue weighted by molar-refractivity contribution is -0.148. The van der Waals surface area contributed by atoms with Crippen molar-refractivity contribution >= 4 is 33.2 Å². The van der Waals surface area contributed by atoms with E-state index >= 15 is 0 Å². The number of hydrogen-bond donors (Lipinski definition) is 1. The molecule has 88 valence electrons. The van der Waals surface area contributed by atoms with Crippen LogP contribution in [0.3, 0.4) is 0 Å². The lowest BCUT2D eigenvalue weighted by atomic mass is 10.1. The average Bonchev–Trinajstić information content (AvgIpc) is 2.55. The molecule has 0 saturated carbocycles. The van der Waals surface area contributed by atoms with Gasteiger partial charge < -0.3 is 9.84 Å². The fraction of sp³-hybridized carbons (Fsp3) is 0.556. The number of aromatic nitrogens is 1. The Hall–Kier alpha value is -0.500. The molecule has 1 N–H and O–H groups in total. The van der Waals surface area contributed by atoms with Gasteiger partial charge in [-0.25, -0.2) is 9.78 Å². The quantitative estimate of drug-likeness (QED) is 0.885. The predicted molar refractivity (Wildman–Crippen MR) is 62.5 cm³/mol. The number of likely N-dealkylation sites (tertiary alicyclic amines) is 1. The van der Waals surface area contributed by atoms with Crippen molar-refractivity contribution in [2.24, 2.45) is 0 Å². The lowest BCUT2D eigenvalue weighted by Gasteiger charge is -2.38. The van der Waals surface area contributed by atoms with Gasteiger partial charge in [-0.15, -0.1) is 11.3 Å². The van der Waals surface area contributed by atoms with Crippen molar-refractivity contribution in [1.82, 2.24) is 9.88 Å². The SMILES string of the molecule is O=C(O)COC1CN(Cc2ncsc2Br)C1. The lowest BCUT2D eigenvalue weighted by Crippen LogP contribution is -2.51. The molecule has 1 aliphatic heterocycles. The highest BCUT2D eigenvalue weighted by Crippen LogP contribution is 2.24. The Balaban J connectivity index is 1.69. The van der Waals surface area contributed by atoms with E-state index < -0.39 is 5.97 Å². The maximum atomic E-state index is 10.3. The molecule has 16 heavy (non-hydrogen) atoms. The summed E-state index contributed by atoms with van der Waals surface area (Å²) in [7, 11) is 0. The van der Waals surface area contributed by atoms with Crippen molar-refractivity contribution in [3.8, 4) is 0 Å². The van der Waals surface area contributed by atoms with Gasteiger partial charge in [0.1, 0.15) is 6.61 Å². The van der Waals surface area contributed by atoms with Gasteiger partial charge >= 0.3 is 5.97 Å². The molecule has 1 fully saturated rings. The third-order valence-electron chi connectivity index (χ3n) is 2.33. The van der Waals surface area contributed by atoms with Crippen LogP contribution in [0.1, 0.15) is 5.69 Å². The highest BCUT2D eigenvalue weighted by atomic mass is 79.9. The minimum atomic E-state index is -0.916. The Kier molecular flexibility index (Phi) is 3.91. The summed E-state index contributed by atoms with van der Waals surface area (Å²) < 4.78 is 6.21. The molecule has 0 amide bonds. The number of halogens is 1. The summed E-state index contributed by atoms with van der Waals surface area (Å²) in [5.74, 6) is -0.916. The van der Waals surface area contributed by atoms with E-state index in [0.29, 0.717) is 0 Å². The monoisotopic (exact) mass is 306 g/mol. The highest BCUT2D eigenvalue weighted by molar-refractivity contribution is 9.11. The molecule has 0 unspecified atom stereocenters. The van der Waals surface area contributed by atoms with Gasteiger partial charge in [0.15, 0.2) is 0 Å². The summed E-state index contributed by atoms with van der Waals surface area (Å²) in [6.45, 7) is 2.13. The van der Waals surface area contributed by atoms with E-state index in [9.17, 15) is 4.79 Å². The van der Waals surface area contributed by atoms with Gasteiger partial charge in [0.25, 0.3) is 0 Å². The van der Waals surface area contributed by atoms with Gasteiger partial charge in [-0.3, -0.25) is 4.90 Å². The number of carbonyl (C=O) groups is 1. The second-order valence-corrected chi connectivity index (χ2v) is 5.77. The molecule has 0 aromatic carbocycles. The number of thiazole rings is 1. The molecule has 0 aliphatic carbocycles. The van der Waals surface area contributed by atoms with Crippen molar-refractivity contribution in [3.05, 3.63) is 15.0 Å². The minimum Gasteiger partial charge on any atom is -0.480 e. The zero-order chi connectivity index (χ0) is 11.5. The van der Waals surface area contributed by atoms with Gasteiger partial charge in [-0.1, -0.05) is 0 Å². The van der Waals surface area contributed by atoms with Crippen LogP contribution in [0.25, 0.3) is 0 Å². The third kappa shape index (κ3) is 3.00. The molecular weight excluding hydrogens is 296 g/mol. The second-order valence-electron chi connectivity index (χ2n) is 3.59. The van der Waals surface area contributed by atoms with Crippen LogP contribution in [-0.4, -0.2) is 46.8 Å². The van der Waals surface area contributed by atoms with Crippen molar-refractivity contribution in [3.63, 3.8) is 0 Å². The summed E-state index contributed by atoms with van der Waals surface area (Å²) in [4.78, 5) is 16.7. The topological polar surface area (TPSA) is 62.7 Å². The van der Waals surface area contributed by atoms with Crippen molar-refractivity contribution < 1.29 is 14.6 Å². The number of hydrogen-bond acceptors (Lipinski definition) is 5. The normalized spacial score (nSPS) is 17.3. The number of nitrogens with zero attached hydrogens (tertiary/aromatic N) is 2. The van der Waals surface area contributed by atoms with E-state index in [1.54, 1.807) is 16.8 Å². The molecule has 2 heterocycles. The maximum absolute atomic E-state index is 10.3. The van der Waals surface area contributed by atoms with E-state index in [-0.39, 0.29) is 12.7 Å². The summed E-state index contributed by atoms with van der Waals surface area (Å²) >= 11 is 5.00. The number of ether oxygens (including phenoxy) is 1. The van der Waals surface area contributed by atoms with Gasteiger partial charge in [-0.2, -0.15) is 0 Å². The zero-order valence-electron chi connectivity index (χ0n) is 8.43. The standard InChI is InChI=1S/C9H11BrN2O3S/c10-9-7(11-5-16-9)3-12-1-6(2-12)15-4-8(13)14/h5-6H,1-4H2,(H,13,14). The highest BCUT2D eigenvalue weighted by Gasteiger charge is 2.28. The van der Waals surface area contributed by atoms with E-state index in [0.717, 1.165) is 29.1 Å². The molecule has 1 aliphatic rings. The summed E-state index contributed by atoms with van der Waals surface area (Å²) in [6.07, 6.45) is 0.0495. The van der Waals surface area contributed by atoms with Crippen LogP contribution in [0, 0.1) is 0 Å². The molecule has 5 nitrogen and oxygen atoms in total. The van der Waals surface area contributed by atoms with E-state index in [1.807, 2.05) is 0 Å². The molecule has 1 aromatic rings. The molecule has 1 aromatic heterocycles. The van der Waals surface area contributed by atoms with Crippen LogP contribution >= 0.6 is 27.3 Å². The van der Waals surface area contributed by atoms with Crippen molar-refractivity contribution in [2.75, 3.05) is 19.7 Å². The van der Waals surface area contributed by atoms with E-state index in [4.69, 9.17) is 9.84 Å². The Bertz CT molecular complexity index is 379. The van der Waals surface area contributed by atoms with Crippen LogP contribution in [0.2, 0.25) is 0 Å². The molecule has 7 heteroatoms. The average molecular weight is 307 g/mol. The Labute approximate surface area is 105 Å². The number of rotatable bonds is 5. The predicted octanol–water partition coefficient (Wildman–Crippen LogP) is 1.19. The van der Waals surface area contributed by atoms with E-state index in [1.165, 1.54) is 0 Å². The summed E-state index contributed by atoms with van der Waals surface area (Å²) in [6, 6.07) is 0. The van der Waals surface area contributed by atoms with Crippen LogP contribution < -0.4 is 0 Å². The van der Waals surface area contributed by atoms with Crippen LogP contribution in [-0.2, 0) is 16.1 Å². The Morgan fingerprint density at radius 3 is 3.06 bits per heavy atom. The summed E-state index contributed by atoms with van der Waals surface area (Å²) in [5.41, 5.74) is 2.83. The van der Waals surface area contributed by atoms with Crippen LogP contribution in [0.5, 0.6) is 0 Å². The molecule has 0 bridgehead atoms. The zero-order valence-corrected chi connectivity index (χ0v) is 10.8. The first kappa shape index (κ1) is 12.0. The number of carboxylic acids is 1. The molecule has 0 spiro atoms. The second kappa shape index (κ2) is 5.22. The van der Waals surface area contributed by atoms with Gasteiger partial charge in [0.05, 0.1) is 21.1 Å². The van der Waals surface area contributed by atoms with Crippen molar-refractivity contribution in [2.45, 2.75) is 12.6 Å². The molecule has 2 rings (SSSR count). The van der Waals surface area contributed by atoms with Gasteiger partial charge in [0.2, 0.25) is 0 Å². The minimum absolute atomic E-state index is 0.0495. The van der Waals surface area contributed by atoms with Gasteiger partial charge in [0, 0.05) is 19.6 Å². The van der Waals surface area contributed by atoms with Crippen molar-refractivity contribution in [1.29, 1.82) is 0 Å². The smallest absolute Gasteiger partial charge is 0.329 e. The Morgan fingerprint density at radius 2 is 2.50 bits per heavy atom. The number of carboxylic acid groups (broad SMARTS) is 1. The number of aliphatic carboxylic acids is 1. The maximum Gasteiger partial charge on any atom is 0.329 e.